The van der Waals surface area contributed by atoms with Gasteiger partial charge < -0.3 is 14.8 Å². The first-order valence-corrected chi connectivity index (χ1v) is 7.33. The van der Waals surface area contributed by atoms with Gasteiger partial charge in [-0.05, 0) is 38.9 Å². The summed E-state index contributed by atoms with van der Waals surface area (Å²) in [7, 11) is 0. The minimum Gasteiger partial charge on any atom is -0.454 e. The van der Waals surface area contributed by atoms with Crippen LogP contribution in [-0.2, 0) is 13.1 Å². The van der Waals surface area contributed by atoms with Crippen LogP contribution in [-0.4, -0.2) is 23.1 Å². The summed E-state index contributed by atoms with van der Waals surface area (Å²) < 4.78 is 12.9. The highest BCUT2D eigenvalue weighted by molar-refractivity contribution is 5.48. The summed E-state index contributed by atoms with van der Waals surface area (Å²) in [6.07, 6.45) is 1.05. The van der Waals surface area contributed by atoms with Gasteiger partial charge in [0.25, 0.3) is 0 Å². The minimum absolute atomic E-state index is 0.324. The Labute approximate surface area is 124 Å². The van der Waals surface area contributed by atoms with Crippen LogP contribution in [0.25, 0.3) is 0 Å². The van der Waals surface area contributed by atoms with Crippen molar-refractivity contribution < 1.29 is 9.47 Å². The SMILES string of the molecule is Cc1cc(C)n(CCCNCc2cccc3c2OCO3)n1. The first-order chi connectivity index (χ1) is 10.2. The molecule has 0 unspecified atom stereocenters. The highest BCUT2D eigenvalue weighted by Gasteiger charge is 2.16. The van der Waals surface area contributed by atoms with Crippen LogP contribution in [0, 0.1) is 13.8 Å². The third kappa shape index (κ3) is 3.19. The smallest absolute Gasteiger partial charge is 0.231 e. The number of nitrogens with zero attached hydrogens (tertiary/aromatic N) is 2. The highest BCUT2D eigenvalue weighted by atomic mass is 16.7. The number of hydrogen-bond acceptors (Lipinski definition) is 4. The van der Waals surface area contributed by atoms with Crippen molar-refractivity contribution in [2.75, 3.05) is 13.3 Å². The lowest BCUT2D eigenvalue weighted by molar-refractivity contribution is 0.173. The number of nitrogens with one attached hydrogen (secondary N) is 1. The van der Waals surface area contributed by atoms with Crippen LogP contribution in [0.4, 0.5) is 0 Å². The number of fused-ring (bicyclic) bond motifs is 1. The summed E-state index contributed by atoms with van der Waals surface area (Å²) >= 11 is 0. The van der Waals surface area contributed by atoms with Gasteiger partial charge in [0.05, 0.1) is 5.69 Å². The second-order valence-electron chi connectivity index (χ2n) is 5.33. The van der Waals surface area contributed by atoms with Crippen LogP contribution in [0.3, 0.4) is 0 Å². The molecular formula is C16H21N3O2. The predicted octanol–water partition coefficient (Wildman–Crippen LogP) is 2.41. The van der Waals surface area contributed by atoms with Crippen molar-refractivity contribution in [1.82, 2.24) is 15.1 Å². The molecule has 2 heterocycles. The molecule has 0 saturated carbocycles. The first-order valence-electron chi connectivity index (χ1n) is 7.33. The molecule has 2 aromatic rings. The van der Waals surface area contributed by atoms with E-state index in [0.717, 1.165) is 48.8 Å². The lowest BCUT2D eigenvalue weighted by Crippen LogP contribution is -2.17. The van der Waals surface area contributed by atoms with Crippen molar-refractivity contribution in [3.8, 4) is 11.5 Å². The lowest BCUT2D eigenvalue weighted by atomic mass is 10.2. The van der Waals surface area contributed by atoms with Gasteiger partial charge in [-0.25, -0.2) is 0 Å². The molecule has 0 bridgehead atoms. The number of benzene rings is 1. The van der Waals surface area contributed by atoms with Crippen LogP contribution < -0.4 is 14.8 Å². The molecule has 0 atom stereocenters. The largest absolute Gasteiger partial charge is 0.454 e. The molecule has 21 heavy (non-hydrogen) atoms. The van der Waals surface area contributed by atoms with E-state index in [2.05, 4.69) is 34.2 Å². The number of aryl methyl sites for hydroxylation is 3. The Morgan fingerprint density at radius 1 is 1.29 bits per heavy atom. The maximum atomic E-state index is 5.50. The summed E-state index contributed by atoms with van der Waals surface area (Å²) in [6, 6.07) is 8.12. The van der Waals surface area contributed by atoms with Crippen molar-refractivity contribution in [1.29, 1.82) is 0 Å². The molecule has 0 spiro atoms. The van der Waals surface area contributed by atoms with Crippen LogP contribution in [0.15, 0.2) is 24.3 Å². The fraction of sp³-hybridized carbons (Fsp3) is 0.438. The minimum atomic E-state index is 0.324. The summed E-state index contributed by atoms with van der Waals surface area (Å²) in [5.74, 6) is 1.72. The average molecular weight is 287 g/mol. The average Bonchev–Trinajstić information content (AvgIpc) is 3.05. The molecule has 1 aliphatic heterocycles. The van der Waals surface area contributed by atoms with Gasteiger partial charge in [-0.2, -0.15) is 5.10 Å². The molecule has 3 rings (SSSR count). The van der Waals surface area contributed by atoms with Crippen LogP contribution in [0.1, 0.15) is 23.4 Å². The highest BCUT2D eigenvalue weighted by Crippen LogP contribution is 2.35. The van der Waals surface area contributed by atoms with Gasteiger partial charge in [0.15, 0.2) is 11.5 Å². The van der Waals surface area contributed by atoms with Gasteiger partial charge >= 0.3 is 0 Å². The monoisotopic (exact) mass is 287 g/mol. The van der Waals surface area contributed by atoms with Crippen molar-refractivity contribution in [3.05, 3.63) is 41.2 Å². The topological polar surface area (TPSA) is 48.3 Å². The maximum Gasteiger partial charge on any atom is 0.231 e. The van der Waals surface area contributed by atoms with E-state index in [1.807, 2.05) is 19.1 Å². The first kappa shape index (κ1) is 13.9. The van der Waals surface area contributed by atoms with Gasteiger partial charge in [0, 0.05) is 24.3 Å². The van der Waals surface area contributed by atoms with E-state index in [4.69, 9.17) is 9.47 Å². The van der Waals surface area contributed by atoms with Gasteiger partial charge in [0.2, 0.25) is 6.79 Å². The van der Waals surface area contributed by atoms with E-state index in [9.17, 15) is 0 Å². The number of hydrogen-bond donors (Lipinski definition) is 1. The van der Waals surface area contributed by atoms with E-state index in [1.54, 1.807) is 0 Å². The Kier molecular flexibility index (Phi) is 4.10. The standard InChI is InChI=1S/C16H21N3O2/c1-12-9-13(2)19(18-12)8-4-7-17-10-14-5-3-6-15-16(14)21-11-20-15/h3,5-6,9,17H,4,7-8,10-11H2,1-2H3. The summed E-state index contributed by atoms with van der Waals surface area (Å²) in [5, 5.41) is 7.92. The zero-order chi connectivity index (χ0) is 14.7. The van der Waals surface area contributed by atoms with Crippen molar-refractivity contribution in [2.24, 2.45) is 0 Å². The molecule has 1 aromatic carbocycles. The third-order valence-corrected chi connectivity index (χ3v) is 3.62. The summed E-state index contributed by atoms with van der Waals surface area (Å²) in [5.41, 5.74) is 3.45. The molecule has 1 aromatic heterocycles. The molecule has 0 amide bonds. The normalized spacial score (nSPS) is 12.9. The summed E-state index contributed by atoms with van der Waals surface area (Å²) in [4.78, 5) is 0. The Balaban J connectivity index is 1.45. The van der Waals surface area contributed by atoms with Gasteiger partial charge in [-0.3, -0.25) is 4.68 Å². The van der Waals surface area contributed by atoms with E-state index in [-0.39, 0.29) is 0 Å². The Morgan fingerprint density at radius 3 is 3.00 bits per heavy atom. The van der Waals surface area contributed by atoms with Crippen LogP contribution in [0.5, 0.6) is 11.5 Å². The number of para-hydroxylation sites is 1. The molecule has 0 radical (unpaired) electrons. The number of aromatic nitrogens is 2. The Bertz CT molecular complexity index is 622. The van der Waals surface area contributed by atoms with Crippen molar-refractivity contribution >= 4 is 0 Å². The Hall–Kier alpha value is -2.01. The fourth-order valence-electron chi connectivity index (χ4n) is 2.61. The number of rotatable bonds is 6. The van der Waals surface area contributed by atoms with Crippen LogP contribution >= 0.6 is 0 Å². The van der Waals surface area contributed by atoms with Crippen molar-refractivity contribution in [2.45, 2.75) is 33.4 Å². The van der Waals surface area contributed by atoms with Gasteiger partial charge in [-0.1, -0.05) is 12.1 Å². The Morgan fingerprint density at radius 2 is 2.19 bits per heavy atom. The quantitative estimate of drug-likeness (QED) is 0.829. The van der Waals surface area contributed by atoms with E-state index in [0.29, 0.717) is 6.79 Å². The van der Waals surface area contributed by atoms with Gasteiger partial charge in [-0.15, -0.1) is 0 Å². The second kappa shape index (κ2) is 6.18. The maximum absolute atomic E-state index is 5.50. The molecule has 1 aliphatic rings. The zero-order valence-electron chi connectivity index (χ0n) is 12.6. The second-order valence-corrected chi connectivity index (χ2v) is 5.33. The van der Waals surface area contributed by atoms with E-state index in [1.165, 1.54) is 5.69 Å². The third-order valence-electron chi connectivity index (χ3n) is 3.62. The molecule has 5 heteroatoms. The molecular weight excluding hydrogens is 266 g/mol. The molecule has 0 aliphatic carbocycles. The zero-order valence-corrected chi connectivity index (χ0v) is 12.6. The predicted molar refractivity (Wildman–Crippen MR) is 80.6 cm³/mol. The number of ether oxygens (including phenoxy) is 2. The molecule has 112 valence electrons. The van der Waals surface area contributed by atoms with E-state index < -0.39 is 0 Å². The molecule has 0 fully saturated rings. The van der Waals surface area contributed by atoms with E-state index >= 15 is 0 Å². The van der Waals surface area contributed by atoms with Gasteiger partial charge in [0.1, 0.15) is 0 Å². The van der Waals surface area contributed by atoms with Crippen molar-refractivity contribution in [3.63, 3.8) is 0 Å². The molecule has 5 nitrogen and oxygen atoms in total. The lowest BCUT2D eigenvalue weighted by Gasteiger charge is -2.08. The fourth-order valence-corrected chi connectivity index (χ4v) is 2.61. The molecule has 0 saturated heterocycles. The van der Waals surface area contributed by atoms with Crippen LogP contribution in [0.2, 0.25) is 0 Å². The summed E-state index contributed by atoms with van der Waals surface area (Å²) in [6.45, 7) is 7.13. The molecule has 1 N–H and O–H groups in total.